The smallest absolute Gasteiger partial charge is 0.324 e. The maximum absolute atomic E-state index is 15.1. The molecule has 13 heteroatoms. The number of amides is 2. The molecule has 7 nitrogen and oxygen atoms in total. The molecule has 0 aliphatic heterocycles. The summed E-state index contributed by atoms with van der Waals surface area (Å²) < 4.78 is 101. The number of nitrogens with two attached hydrogens (primary N) is 2. The lowest BCUT2D eigenvalue weighted by atomic mass is 9.88. The molecule has 2 amide bonds. The highest BCUT2D eigenvalue weighted by atomic mass is 32.2. The molecule has 1 aliphatic carbocycles. The zero-order valence-corrected chi connectivity index (χ0v) is 14.2. The monoisotopic (exact) mass is 413 g/mol. The van der Waals surface area contributed by atoms with E-state index in [4.69, 9.17) is 5.14 Å². The number of carbonyl (C=O) groups excluding carboxylic acids is 1. The number of carbonyl (C=O) groups is 1. The maximum atomic E-state index is 15.1. The van der Waals surface area contributed by atoms with E-state index in [1.54, 1.807) is 0 Å². The van der Waals surface area contributed by atoms with Crippen LogP contribution in [-0.2, 0) is 14.8 Å². The highest BCUT2D eigenvalue weighted by molar-refractivity contribution is 7.89. The zero-order valence-electron chi connectivity index (χ0n) is 13.4. The Bertz CT molecular complexity index is 981. The first-order valence-electron chi connectivity index (χ1n) is 6.90. The van der Waals surface area contributed by atoms with Gasteiger partial charge in [0.2, 0.25) is 15.9 Å². The third-order valence-corrected chi connectivity index (χ3v) is 4.67. The Morgan fingerprint density at radius 3 is 2.19 bits per heavy atom. The molecule has 0 spiro atoms. The minimum absolute atomic E-state index is 0.375. The van der Waals surface area contributed by atoms with Crippen molar-refractivity contribution < 1.29 is 39.9 Å². The lowest BCUT2D eigenvalue weighted by Crippen LogP contribution is -2.63. The van der Waals surface area contributed by atoms with E-state index in [0.29, 0.717) is 7.11 Å². The highest BCUT2D eigenvalue weighted by Crippen LogP contribution is 2.52. The predicted octanol–water partition coefficient (Wildman–Crippen LogP) is 1.83. The summed E-state index contributed by atoms with van der Waals surface area (Å²) >= 11 is 0. The quantitative estimate of drug-likeness (QED) is 0.514. The Kier molecular flexibility index (Phi) is 5.07. The number of urea groups is 1. The molecule has 2 unspecified atom stereocenters. The molecule has 2 rings (SSSR count). The van der Waals surface area contributed by atoms with Gasteiger partial charge in [0.05, 0.1) is 10.5 Å². The molecule has 5 N–H and O–H groups in total. The van der Waals surface area contributed by atoms with E-state index >= 15 is 4.39 Å². The van der Waals surface area contributed by atoms with Crippen LogP contribution in [-0.4, -0.2) is 33.2 Å². The number of sulfonamides is 1. The van der Waals surface area contributed by atoms with Crippen LogP contribution in [0.25, 0.3) is 5.57 Å². The van der Waals surface area contributed by atoms with Gasteiger partial charge in [0.25, 0.3) is 0 Å². The number of nitrogens with one attached hydrogen (secondary N) is 1. The van der Waals surface area contributed by atoms with E-state index in [0.717, 1.165) is 29.6 Å². The van der Waals surface area contributed by atoms with Crippen LogP contribution < -0.4 is 16.2 Å². The van der Waals surface area contributed by atoms with Crippen LogP contribution in [0.4, 0.5) is 26.7 Å². The Labute approximate surface area is 149 Å². The van der Waals surface area contributed by atoms with Gasteiger partial charge in [-0.2, -0.15) is 4.39 Å². The highest BCUT2D eigenvalue weighted by Gasteiger charge is 2.67. The van der Waals surface area contributed by atoms with Crippen molar-refractivity contribution in [3.63, 3.8) is 0 Å². The molecule has 1 aromatic rings. The van der Waals surface area contributed by atoms with Crippen molar-refractivity contribution in [3.8, 4) is 0 Å². The normalized spacial score (nSPS) is 26.3. The van der Waals surface area contributed by atoms with Gasteiger partial charge < -0.3 is 10.5 Å². The number of alkyl halides is 2. The van der Waals surface area contributed by atoms with Crippen molar-refractivity contribution >= 4 is 21.6 Å². The van der Waals surface area contributed by atoms with Crippen LogP contribution in [0.15, 0.2) is 46.6 Å². The molecule has 27 heavy (non-hydrogen) atoms. The first kappa shape index (κ1) is 20.8. The van der Waals surface area contributed by atoms with E-state index in [-0.39, 0.29) is 0 Å². The topological polar surface area (TPSA) is 125 Å². The average molecular weight is 413 g/mol. The number of primary amides is 1. The third-order valence-electron chi connectivity index (χ3n) is 3.70. The lowest BCUT2D eigenvalue weighted by Gasteiger charge is -2.39. The van der Waals surface area contributed by atoms with Crippen molar-refractivity contribution in [2.75, 3.05) is 7.11 Å². The Hall–Kier alpha value is -2.51. The molecule has 148 valence electrons. The molecule has 0 aromatic heterocycles. The summed E-state index contributed by atoms with van der Waals surface area (Å²) in [5.74, 6) is -16.2. The van der Waals surface area contributed by atoms with Gasteiger partial charge in [0.15, 0.2) is 11.7 Å². The number of allylic oxidation sites excluding steroid dienone is 2. The standard InChI is InChI=1S/C14H12F5N3O4S/c1-26-14(19)11(17)9(15)8(10(16)13(14,18)22-12(20)23)6-4-2-3-5-7(6)27(21,24)25/h2-5H,1H3,(H3,20,22,23)(H2,21,24,25). The second-order valence-corrected chi connectivity index (χ2v) is 6.84. The fourth-order valence-corrected chi connectivity index (χ4v) is 3.25. The summed E-state index contributed by atoms with van der Waals surface area (Å²) in [6, 6.07) is 1.91. The van der Waals surface area contributed by atoms with Crippen molar-refractivity contribution in [1.29, 1.82) is 0 Å². The van der Waals surface area contributed by atoms with Crippen LogP contribution >= 0.6 is 0 Å². The van der Waals surface area contributed by atoms with Gasteiger partial charge in [-0.3, -0.25) is 5.32 Å². The predicted molar refractivity (Wildman–Crippen MR) is 82.5 cm³/mol. The molecule has 0 fully saturated rings. The van der Waals surface area contributed by atoms with Gasteiger partial charge in [-0.25, -0.2) is 35.9 Å². The largest absolute Gasteiger partial charge is 0.352 e. The van der Waals surface area contributed by atoms with Gasteiger partial charge in [-0.05, 0) is 6.07 Å². The molecule has 1 aliphatic rings. The molecule has 0 saturated heterocycles. The number of hydrogen-bond donors (Lipinski definition) is 3. The summed E-state index contributed by atoms with van der Waals surface area (Å²) in [4.78, 5) is 10.1. The minimum atomic E-state index is -4.61. The molecule has 0 bridgehead atoms. The Morgan fingerprint density at radius 1 is 1.15 bits per heavy atom. The minimum Gasteiger partial charge on any atom is -0.352 e. The number of primary sulfonamides is 1. The van der Waals surface area contributed by atoms with Gasteiger partial charge in [0, 0.05) is 12.7 Å². The van der Waals surface area contributed by atoms with Crippen molar-refractivity contribution in [1.82, 2.24) is 5.32 Å². The zero-order chi connectivity index (χ0) is 20.8. The number of halogens is 5. The first-order chi connectivity index (χ1) is 12.3. The number of ether oxygens (including phenoxy) is 1. The van der Waals surface area contributed by atoms with Crippen LogP contribution in [0.5, 0.6) is 0 Å². The van der Waals surface area contributed by atoms with E-state index in [2.05, 4.69) is 10.5 Å². The van der Waals surface area contributed by atoms with Gasteiger partial charge in [-0.1, -0.05) is 18.2 Å². The van der Waals surface area contributed by atoms with E-state index in [1.807, 2.05) is 0 Å². The summed E-state index contributed by atoms with van der Waals surface area (Å²) in [5.41, 5.74) is 2.11. The molecule has 0 heterocycles. The fraction of sp³-hybridized carbons (Fsp3) is 0.214. The van der Waals surface area contributed by atoms with Gasteiger partial charge in [-0.15, -0.1) is 0 Å². The van der Waals surface area contributed by atoms with Crippen LogP contribution in [0, 0.1) is 0 Å². The number of hydrogen-bond acceptors (Lipinski definition) is 4. The summed E-state index contributed by atoms with van der Waals surface area (Å²) in [7, 11) is -4.24. The van der Waals surface area contributed by atoms with E-state index in [9.17, 15) is 30.8 Å². The van der Waals surface area contributed by atoms with Crippen molar-refractivity contribution in [2.24, 2.45) is 10.9 Å². The number of benzene rings is 1. The SMILES string of the molecule is COC1(F)C(F)=C(F)C(c2ccccc2S(N)(=O)=O)=C(F)C1(F)NC(N)=O. The summed E-state index contributed by atoms with van der Waals surface area (Å²) in [5, 5.41) is 5.91. The Balaban J connectivity index is 2.95. The second-order valence-electron chi connectivity index (χ2n) is 5.31. The fourth-order valence-electron chi connectivity index (χ4n) is 2.50. The average Bonchev–Trinajstić information content (AvgIpc) is 2.58. The van der Waals surface area contributed by atoms with Crippen molar-refractivity contribution in [2.45, 2.75) is 16.5 Å². The molecular formula is C14H12F5N3O4S. The molecule has 1 aromatic carbocycles. The summed E-state index contributed by atoms with van der Waals surface area (Å²) in [6.45, 7) is 0. The summed E-state index contributed by atoms with van der Waals surface area (Å²) in [6.07, 6.45) is 0. The molecular weight excluding hydrogens is 401 g/mol. The van der Waals surface area contributed by atoms with Gasteiger partial charge in [0.1, 0.15) is 0 Å². The van der Waals surface area contributed by atoms with Crippen LogP contribution in [0.3, 0.4) is 0 Å². The van der Waals surface area contributed by atoms with E-state index in [1.165, 1.54) is 0 Å². The molecule has 0 radical (unpaired) electrons. The first-order valence-corrected chi connectivity index (χ1v) is 8.45. The second kappa shape index (κ2) is 6.58. The van der Waals surface area contributed by atoms with Gasteiger partial charge >= 0.3 is 17.7 Å². The number of rotatable bonds is 4. The maximum Gasteiger partial charge on any atom is 0.324 e. The third kappa shape index (κ3) is 3.07. The lowest BCUT2D eigenvalue weighted by molar-refractivity contribution is -0.200. The van der Waals surface area contributed by atoms with Crippen LogP contribution in [0.1, 0.15) is 5.56 Å². The number of methoxy groups -OCH3 is 1. The van der Waals surface area contributed by atoms with E-state index < -0.39 is 61.2 Å². The van der Waals surface area contributed by atoms with Crippen molar-refractivity contribution in [3.05, 3.63) is 47.3 Å². The molecule has 0 saturated carbocycles. The van der Waals surface area contributed by atoms with Crippen LogP contribution in [0.2, 0.25) is 0 Å². The molecule has 2 atom stereocenters. The Morgan fingerprint density at radius 2 is 1.70 bits per heavy atom.